The summed E-state index contributed by atoms with van der Waals surface area (Å²) in [4.78, 5) is 35.7. The highest BCUT2D eigenvalue weighted by Crippen LogP contribution is 2.51. The molecule has 190 valence electrons. The van der Waals surface area contributed by atoms with E-state index in [9.17, 15) is 27.7 Å². The van der Waals surface area contributed by atoms with Crippen LogP contribution in [0.5, 0.6) is 0 Å². The summed E-state index contributed by atoms with van der Waals surface area (Å²) in [5.74, 6) is -3.34. The van der Waals surface area contributed by atoms with E-state index in [-0.39, 0.29) is 11.1 Å². The van der Waals surface area contributed by atoms with Crippen LogP contribution in [-0.2, 0) is 29.0 Å². The summed E-state index contributed by atoms with van der Waals surface area (Å²) in [5, 5.41) is 8.83. The third kappa shape index (κ3) is 7.36. The SMILES string of the molecule is C/C(=C/C(=O)O)c1ccc(C(F)(F)[P+](=O)OC(OC(=O)c2ccccc2)OC(=O)c2ccccc2)cc1. The lowest BCUT2D eigenvalue weighted by Crippen LogP contribution is -2.27. The molecule has 0 spiro atoms. The van der Waals surface area contributed by atoms with Gasteiger partial charge >= 0.3 is 38.1 Å². The molecular weight excluding hydrogens is 509 g/mol. The van der Waals surface area contributed by atoms with Crippen molar-refractivity contribution in [3.8, 4) is 0 Å². The van der Waals surface area contributed by atoms with Gasteiger partial charge in [0.05, 0.1) is 16.7 Å². The number of alkyl halides is 2. The molecule has 1 atom stereocenters. The number of allylic oxidation sites excluding steroid dienone is 1. The topological polar surface area (TPSA) is 116 Å². The largest absolute Gasteiger partial charge is 0.599 e. The monoisotopic (exact) mass is 529 g/mol. The zero-order chi connectivity index (χ0) is 27.0. The van der Waals surface area contributed by atoms with Gasteiger partial charge in [0.15, 0.2) is 0 Å². The normalized spacial score (nSPS) is 12.1. The van der Waals surface area contributed by atoms with Crippen LogP contribution in [0.15, 0.2) is 91.0 Å². The number of esters is 2. The van der Waals surface area contributed by atoms with Crippen molar-refractivity contribution in [2.75, 3.05) is 0 Å². The number of carbonyl (C=O) groups is 3. The van der Waals surface area contributed by atoms with Crippen molar-refractivity contribution in [1.82, 2.24) is 0 Å². The lowest BCUT2D eigenvalue weighted by molar-refractivity contribution is -0.186. The molecule has 0 radical (unpaired) electrons. The van der Waals surface area contributed by atoms with Crippen LogP contribution >= 0.6 is 8.03 Å². The Bertz CT molecular complexity index is 1260. The Labute approximate surface area is 211 Å². The predicted octanol–water partition coefficient (Wildman–Crippen LogP) is 5.98. The van der Waals surface area contributed by atoms with E-state index in [1.165, 1.54) is 67.6 Å². The quantitative estimate of drug-likeness (QED) is 0.148. The van der Waals surface area contributed by atoms with Crippen LogP contribution in [0.1, 0.15) is 38.8 Å². The van der Waals surface area contributed by atoms with Gasteiger partial charge in [-0.15, -0.1) is 8.78 Å². The molecule has 0 saturated heterocycles. The lowest BCUT2D eigenvalue weighted by atomic mass is 10.1. The van der Waals surface area contributed by atoms with Gasteiger partial charge in [0, 0.05) is 6.08 Å². The number of carboxylic acid groups (broad SMARTS) is 1. The smallest absolute Gasteiger partial charge is 0.478 e. The van der Waals surface area contributed by atoms with Gasteiger partial charge in [0.2, 0.25) is 0 Å². The lowest BCUT2D eigenvalue weighted by Gasteiger charge is -2.15. The molecule has 0 aliphatic rings. The zero-order valence-electron chi connectivity index (χ0n) is 19.2. The maximum atomic E-state index is 15.0. The summed E-state index contributed by atoms with van der Waals surface area (Å²) in [5.41, 5.74) is -4.13. The first-order valence-corrected chi connectivity index (χ1v) is 11.8. The molecule has 3 aromatic rings. The second kappa shape index (κ2) is 12.1. The van der Waals surface area contributed by atoms with E-state index in [0.29, 0.717) is 11.1 Å². The number of carbonyl (C=O) groups excluding carboxylic acids is 2. The average Bonchev–Trinajstić information content (AvgIpc) is 2.89. The Morgan fingerprint density at radius 2 is 1.27 bits per heavy atom. The molecular formula is C26H20F2O8P+. The number of benzene rings is 3. The molecule has 8 nitrogen and oxygen atoms in total. The Kier molecular flexibility index (Phi) is 8.95. The standard InChI is InChI=1S/C26H19F2O8P/c1-17(16-22(29)30)18-12-14-21(15-13-18)26(27,28)37(33)36-25(34-23(31)19-8-4-2-5-9-19)35-24(32)20-10-6-3-7-11-20/h2-16,25H,1H3/p+1/b17-16-. The van der Waals surface area contributed by atoms with E-state index in [4.69, 9.17) is 19.1 Å². The van der Waals surface area contributed by atoms with Gasteiger partial charge in [-0.25, -0.2) is 14.4 Å². The second-order valence-corrected chi connectivity index (χ2v) is 8.76. The number of rotatable bonds is 10. The van der Waals surface area contributed by atoms with Crippen LogP contribution < -0.4 is 0 Å². The zero-order valence-corrected chi connectivity index (χ0v) is 20.1. The number of aliphatic carboxylic acids is 1. The number of hydrogen-bond acceptors (Lipinski definition) is 7. The number of hydrogen-bond donors (Lipinski definition) is 1. The van der Waals surface area contributed by atoms with Gasteiger partial charge in [0.25, 0.3) is 0 Å². The van der Waals surface area contributed by atoms with E-state index >= 15 is 0 Å². The summed E-state index contributed by atoms with van der Waals surface area (Å²) in [6.07, 6.45) is 0.906. The van der Waals surface area contributed by atoms with E-state index in [2.05, 4.69) is 0 Å². The van der Waals surface area contributed by atoms with Crippen LogP contribution in [0, 0.1) is 0 Å². The van der Waals surface area contributed by atoms with Crippen LogP contribution in [0.3, 0.4) is 0 Å². The molecule has 37 heavy (non-hydrogen) atoms. The first kappa shape index (κ1) is 27.3. The van der Waals surface area contributed by atoms with Crippen LogP contribution in [0.25, 0.3) is 5.57 Å². The van der Waals surface area contributed by atoms with Gasteiger partial charge in [-0.2, -0.15) is 0 Å². The van der Waals surface area contributed by atoms with Crippen molar-refractivity contribution < 1.29 is 46.8 Å². The first-order chi connectivity index (χ1) is 17.6. The molecule has 0 aliphatic carbocycles. The molecule has 11 heteroatoms. The van der Waals surface area contributed by atoms with Gasteiger partial charge < -0.3 is 14.6 Å². The predicted molar refractivity (Wildman–Crippen MR) is 128 cm³/mol. The molecule has 3 aromatic carbocycles. The summed E-state index contributed by atoms with van der Waals surface area (Å²) < 4.78 is 57.2. The second-order valence-electron chi connectivity index (χ2n) is 7.48. The Morgan fingerprint density at radius 1 is 0.811 bits per heavy atom. The van der Waals surface area contributed by atoms with Gasteiger partial charge in [-0.1, -0.05) is 53.1 Å². The van der Waals surface area contributed by atoms with E-state index in [1.807, 2.05) is 0 Å². The molecule has 1 unspecified atom stereocenters. The van der Waals surface area contributed by atoms with Crippen LogP contribution in [0.4, 0.5) is 8.78 Å². The fraction of sp³-hybridized carbons (Fsp3) is 0.115. The maximum Gasteiger partial charge on any atom is 0.599 e. The minimum Gasteiger partial charge on any atom is -0.478 e. The third-order valence-electron chi connectivity index (χ3n) is 4.86. The van der Waals surface area contributed by atoms with Gasteiger partial charge in [-0.05, 0) is 59.0 Å². The molecule has 0 aliphatic heterocycles. The molecule has 1 N–H and O–H groups in total. The molecule has 0 saturated carbocycles. The van der Waals surface area contributed by atoms with Crippen molar-refractivity contribution in [1.29, 1.82) is 0 Å². The molecule has 0 fully saturated rings. The summed E-state index contributed by atoms with van der Waals surface area (Å²) in [6.45, 7) is -0.868. The van der Waals surface area contributed by atoms with Crippen LogP contribution in [-0.4, -0.2) is 29.5 Å². The molecule has 0 bridgehead atoms. The van der Waals surface area contributed by atoms with E-state index < -0.39 is 43.6 Å². The minimum atomic E-state index is -4.09. The van der Waals surface area contributed by atoms with E-state index in [1.54, 1.807) is 12.1 Å². The van der Waals surface area contributed by atoms with Gasteiger partial charge in [-0.3, -0.25) is 0 Å². The Hall–Kier alpha value is -4.27. The van der Waals surface area contributed by atoms with Crippen molar-refractivity contribution in [2.45, 2.75) is 19.1 Å². The third-order valence-corrected chi connectivity index (χ3v) is 5.94. The highest BCUT2D eigenvalue weighted by Gasteiger charge is 2.58. The fourth-order valence-corrected chi connectivity index (χ4v) is 3.71. The number of carboxylic acids is 1. The summed E-state index contributed by atoms with van der Waals surface area (Å²) >= 11 is 0. The van der Waals surface area contributed by atoms with E-state index in [0.717, 1.165) is 18.2 Å². The fourth-order valence-electron chi connectivity index (χ4n) is 2.98. The molecule has 0 amide bonds. The number of ether oxygens (including phenoxy) is 2. The van der Waals surface area contributed by atoms with Crippen molar-refractivity contribution in [3.63, 3.8) is 0 Å². The highest BCUT2D eigenvalue weighted by atomic mass is 31.1. The molecule has 0 aromatic heterocycles. The summed E-state index contributed by atoms with van der Waals surface area (Å²) in [7, 11) is -3.92. The van der Waals surface area contributed by atoms with Crippen molar-refractivity contribution >= 4 is 31.5 Å². The van der Waals surface area contributed by atoms with Crippen LogP contribution in [0.2, 0.25) is 0 Å². The highest BCUT2D eigenvalue weighted by molar-refractivity contribution is 7.40. The Morgan fingerprint density at radius 3 is 1.70 bits per heavy atom. The maximum absolute atomic E-state index is 15.0. The first-order valence-electron chi connectivity index (χ1n) is 10.6. The summed E-state index contributed by atoms with van der Waals surface area (Å²) in [6, 6.07) is 19.2. The van der Waals surface area contributed by atoms with Crippen molar-refractivity contribution in [3.05, 3.63) is 113 Å². The minimum absolute atomic E-state index is 0.00854. The molecule has 0 heterocycles. The average molecular weight is 529 g/mol. The Balaban J connectivity index is 1.81. The number of halogens is 2. The van der Waals surface area contributed by atoms with Crippen molar-refractivity contribution in [2.24, 2.45) is 0 Å². The van der Waals surface area contributed by atoms with Gasteiger partial charge in [0.1, 0.15) is 0 Å². The molecule has 3 rings (SSSR count).